The maximum absolute atomic E-state index is 12.7. The summed E-state index contributed by atoms with van der Waals surface area (Å²) in [4.78, 5) is 30.5. The number of nitrogens with one attached hydrogen (secondary N) is 1. The molecule has 0 saturated carbocycles. The van der Waals surface area contributed by atoms with E-state index in [9.17, 15) is 9.59 Å². The fourth-order valence-corrected chi connectivity index (χ4v) is 5.99. The molecule has 1 unspecified atom stereocenters. The first-order chi connectivity index (χ1) is 15.6. The summed E-state index contributed by atoms with van der Waals surface area (Å²) in [5.74, 6) is 1.67. The number of anilines is 1. The van der Waals surface area contributed by atoms with E-state index in [2.05, 4.69) is 22.3 Å². The first kappa shape index (κ1) is 21.2. The summed E-state index contributed by atoms with van der Waals surface area (Å²) >= 11 is 1.79. The number of cyclic esters (lactones) is 1. The first-order valence-electron chi connectivity index (χ1n) is 11.0. The first-order valence-corrected chi connectivity index (χ1v) is 12.0. The summed E-state index contributed by atoms with van der Waals surface area (Å²) < 4.78 is 10.9. The number of likely N-dealkylation sites (tertiary alicyclic amines) is 1. The van der Waals surface area contributed by atoms with Crippen LogP contribution in [0.2, 0.25) is 0 Å². The molecule has 7 nitrogen and oxygen atoms in total. The van der Waals surface area contributed by atoms with Crippen molar-refractivity contribution in [2.24, 2.45) is 0 Å². The molecule has 2 aromatic carbocycles. The van der Waals surface area contributed by atoms with Gasteiger partial charge in [0.05, 0.1) is 30.9 Å². The van der Waals surface area contributed by atoms with Crippen molar-refractivity contribution in [3.05, 3.63) is 53.6 Å². The zero-order valence-corrected chi connectivity index (χ0v) is 18.9. The number of piperidine rings is 1. The van der Waals surface area contributed by atoms with Crippen LogP contribution in [-0.4, -0.2) is 55.4 Å². The summed E-state index contributed by atoms with van der Waals surface area (Å²) in [6.07, 6.45) is 1.28. The molecular weight excluding hydrogens is 426 g/mol. The molecule has 5 rings (SSSR count). The van der Waals surface area contributed by atoms with Gasteiger partial charge in [-0.3, -0.25) is 14.6 Å². The average Bonchev–Trinajstić information content (AvgIpc) is 3.22. The molecule has 0 aliphatic carbocycles. The smallest absolute Gasteiger partial charge is 0.414 e. The number of nitrogens with zero attached hydrogens (tertiary/aromatic N) is 2. The third kappa shape index (κ3) is 4.04. The molecule has 0 aromatic heterocycles. The number of methoxy groups -OCH3 is 1. The topological polar surface area (TPSA) is 71.1 Å². The Balaban J connectivity index is 1.18. The summed E-state index contributed by atoms with van der Waals surface area (Å²) in [6, 6.07) is 14.1. The Kier molecular flexibility index (Phi) is 5.97. The summed E-state index contributed by atoms with van der Waals surface area (Å²) in [5.41, 5.74) is 2.99. The van der Waals surface area contributed by atoms with Crippen molar-refractivity contribution in [1.29, 1.82) is 0 Å². The highest BCUT2D eigenvalue weighted by atomic mass is 32.2. The largest absolute Gasteiger partial charge is 0.496 e. The number of amides is 2. The monoisotopic (exact) mass is 453 g/mol. The van der Waals surface area contributed by atoms with E-state index < -0.39 is 0 Å². The zero-order chi connectivity index (χ0) is 22.1. The second-order valence-corrected chi connectivity index (χ2v) is 9.42. The van der Waals surface area contributed by atoms with Crippen LogP contribution in [0.25, 0.3) is 0 Å². The van der Waals surface area contributed by atoms with Crippen LogP contribution in [0.4, 0.5) is 10.5 Å². The molecule has 168 valence electrons. The highest BCUT2D eigenvalue weighted by molar-refractivity contribution is 7.99. The number of benzene rings is 2. The second kappa shape index (κ2) is 9.03. The maximum Gasteiger partial charge on any atom is 0.414 e. The van der Waals surface area contributed by atoms with E-state index >= 15 is 0 Å². The number of hydrogen-bond donors (Lipinski definition) is 1. The quantitative estimate of drug-likeness (QED) is 0.746. The normalized spacial score (nSPS) is 21.0. The highest BCUT2D eigenvalue weighted by Gasteiger charge is 2.35. The van der Waals surface area contributed by atoms with Crippen LogP contribution in [0.1, 0.15) is 30.0 Å². The van der Waals surface area contributed by atoms with E-state index in [-0.39, 0.29) is 30.7 Å². The molecule has 32 heavy (non-hydrogen) atoms. The Morgan fingerprint density at radius 3 is 2.81 bits per heavy atom. The number of hydrogen-bond acceptors (Lipinski definition) is 6. The van der Waals surface area contributed by atoms with Crippen LogP contribution >= 0.6 is 11.8 Å². The number of thioether (sulfide) groups is 1. The lowest BCUT2D eigenvalue weighted by Gasteiger charge is -2.40. The van der Waals surface area contributed by atoms with Gasteiger partial charge in [-0.05, 0) is 36.6 Å². The van der Waals surface area contributed by atoms with E-state index in [1.807, 2.05) is 30.3 Å². The van der Waals surface area contributed by atoms with Crippen molar-refractivity contribution in [1.82, 2.24) is 10.2 Å². The van der Waals surface area contributed by atoms with Gasteiger partial charge in [-0.2, -0.15) is 0 Å². The van der Waals surface area contributed by atoms with Crippen LogP contribution in [0.15, 0.2) is 47.4 Å². The molecule has 3 aliphatic heterocycles. The second-order valence-electron chi connectivity index (χ2n) is 8.36. The molecule has 1 atom stereocenters. The van der Waals surface area contributed by atoms with Gasteiger partial charge in [0, 0.05) is 29.8 Å². The maximum atomic E-state index is 12.7. The Morgan fingerprint density at radius 1 is 1.19 bits per heavy atom. The van der Waals surface area contributed by atoms with Crippen LogP contribution in [-0.2, 0) is 16.1 Å². The van der Waals surface area contributed by atoms with Crippen molar-refractivity contribution >= 4 is 29.4 Å². The van der Waals surface area contributed by atoms with Crippen LogP contribution in [0.5, 0.6) is 5.75 Å². The molecule has 1 fully saturated rings. The molecule has 0 bridgehead atoms. The van der Waals surface area contributed by atoms with E-state index in [4.69, 9.17) is 9.47 Å². The van der Waals surface area contributed by atoms with Gasteiger partial charge in [0.2, 0.25) is 5.91 Å². The van der Waals surface area contributed by atoms with E-state index in [1.165, 1.54) is 10.5 Å². The minimum atomic E-state index is -0.306. The van der Waals surface area contributed by atoms with Gasteiger partial charge >= 0.3 is 6.09 Å². The van der Waals surface area contributed by atoms with Gasteiger partial charge < -0.3 is 14.8 Å². The van der Waals surface area contributed by atoms with Crippen LogP contribution in [0, 0.1) is 0 Å². The fraction of sp³-hybridized carbons (Fsp3) is 0.417. The zero-order valence-electron chi connectivity index (χ0n) is 18.1. The standard InChI is InChI=1S/C24H27N3O4S/c1-30-21-7-4-6-20-18(21)14-31-24(29)27(20)16-9-11-26(12-10-16)13-23(28)25-19-15-32-22-8-3-2-5-17(19)22/h2-8,16,19H,9-15H2,1H3,(H,25,28). The molecule has 2 aromatic rings. The van der Waals surface area contributed by atoms with Crippen LogP contribution < -0.4 is 15.0 Å². The molecule has 1 saturated heterocycles. The van der Waals surface area contributed by atoms with Crippen LogP contribution in [0.3, 0.4) is 0 Å². The number of carbonyl (C=O) groups excluding carboxylic acids is 2. The molecule has 8 heteroatoms. The lowest BCUT2D eigenvalue weighted by molar-refractivity contribution is -0.123. The summed E-state index contributed by atoms with van der Waals surface area (Å²) in [7, 11) is 1.63. The SMILES string of the molecule is COc1cccc2c1COC(=O)N2C1CCN(CC(=O)NC2CSc3ccccc32)CC1. The van der Waals surface area contributed by atoms with Gasteiger partial charge in [-0.1, -0.05) is 24.3 Å². The minimum absolute atomic E-state index is 0.0473. The van der Waals surface area contributed by atoms with Gasteiger partial charge in [0.15, 0.2) is 0 Å². The summed E-state index contributed by atoms with van der Waals surface area (Å²) in [5, 5.41) is 3.19. The van der Waals surface area contributed by atoms with Crippen molar-refractivity contribution < 1.29 is 19.1 Å². The number of rotatable bonds is 5. The minimum Gasteiger partial charge on any atom is -0.496 e. The van der Waals surface area contributed by atoms with E-state index in [0.717, 1.165) is 48.7 Å². The van der Waals surface area contributed by atoms with Gasteiger partial charge in [-0.25, -0.2) is 4.79 Å². The van der Waals surface area contributed by atoms with E-state index in [1.54, 1.807) is 23.8 Å². The molecule has 1 N–H and O–H groups in total. The van der Waals surface area contributed by atoms with Gasteiger partial charge in [-0.15, -0.1) is 11.8 Å². The molecule has 3 heterocycles. The Hall–Kier alpha value is -2.71. The van der Waals surface area contributed by atoms with Gasteiger partial charge in [0.1, 0.15) is 12.4 Å². The Morgan fingerprint density at radius 2 is 2.00 bits per heavy atom. The van der Waals surface area contributed by atoms with Crippen molar-refractivity contribution in [2.75, 3.05) is 37.4 Å². The van der Waals surface area contributed by atoms with E-state index in [0.29, 0.717) is 6.54 Å². The molecule has 0 spiro atoms. The number of ether oxygens (including phenoxy) is 2. The number of fused-ring (bicyclic) bond motifs is 2. The van der Waals surface area contributed by atoms with Gasteiger partial charge in [0.25, 0.3) is 0 Å². The molecular formula is C24H27N3O4S. The molecule has 2 amide bonds. The van der Waals surface area contributed by atoms with Crippen molar-refractivity contribution in [3.63, 3.8) is 0 Å². The lowest BCUT2D eigenvalue weighted by Crippen LogP contribution is -2.51. The Labute approximate surface area is 192 Å². The third-order valence-electron chi connectivity index (χ3n) is 6.45. The molecule has 0 radical (unpaired) electrons. The third-order valence-corrected chi connectivity index (χ3v) is 7.63. The predicted molar refractivity (Wildman–Crippen MR) is 123 cm³/mol. The van der Waals surface area contributed by atoms with Crippen molar-refractivity contribution in [3.8, 4) is 5.75 Å². The predicted octanol–water partition coefficient (Wildman–Crippen LogP) is 3.58. The van der Waals surface area contributed by atoms with Crippen molar-refractivity contribution in [2.45, 2.75) is 36.4 Å². The summed E-state index contributed by atoms with van der Waals surface area (Å²) in [6.45, 7) is 2.13. The molecule has 3 aliphatic rings. The number of carbonyl (C=O) groups is 2. The average molecular weight is 454 g/mol. The fourth-order valence-electron chi connectivity index (χ4n) is 4.82. The lowest BCUT2D eigenvalue weighted by atomic mass is 10.0. The highest BCUT2D eigenvalue weighted by Crippen LogP contribution is 2.38. The Bertz CT molecular complexity index is 1020.